The van der Waals surface area contributed by atoms with Crippen molar-refractivity contribution >= 4 is 22.8 Å². The summed E-state index contributed by atoms with van der Waals surface area (Å²) in [5.41, 5.74) is 0. The second-order valence-electron chi connectivity index (χ2n) is 2.00. The first kappa shape index (κ1) is 10.5. The smallest absolute Gasteiger partial charge is 0.316 e. The van der Waals surface area contributed by atoms with Crippen LogP contribution in [0.25, 0.3) is 0 Å². The Hall–Kier alpha value is -0.510. The molecule has 11 heavy (non-hydrogen) atoms. The molecule has 0 saturated heterocycles. The first-order chi connectivity index (χ1) is 5.13. The fourth-order valence-electron chi connectivity index (χ4n) is 0.540. The molecule has 0 aromatic rings. The zero-order valence-corrected chi connectivity index (χ0v) is 7.73. The molecule has 0 N–H and O–H groups in total. The van der Waals surface area contributed by atoms with E-state index in [0.29, 0.717) is 5.75 Å². The van der Waals surface area contributed by atoms with Crippen LogP contribution in [0.5, 0.6) is 0 Å². The average molecular weight is 176 g/mol. The van der Waals surface area contributed by atoms with E-state index in [-0.39, 0.29) is 5.12 Å². The molecule has 3 nitrogen and oxygen atoms in total. The Morgan fingerprint density at radius 2 is 2.09 bits per heavy atom. The highest BCUT2D eigenvalue weighted by Gasteiger charge is 2.21. The maximum atomic E-state index is 11.0. The zero-order valence-electron chi connectivity index (χ0n) is 6.92. The van der Waals surface area contributed by atoms with Crippen molar-refractivity contribution in [2.24, 2.45) is 5.92 Å². The van der Waals surface area contributed by atoms with Gasteiger partial charge in [0.2, 0.25) is 5.12 Å². The summed E-state index contributed by atoms with van der Waals surface area (Å²) in [6.45, 7) is 3.42. The molecule has 0 bridgehead atoms. The van der Waals surface area contributed by atoms with E-state index < -0.39 is 11.9 Å². The van der Waals surface area contributed by atoms with Gasteiger partial charge in [-0.05, 0) is 12.7 Å². The number of thioether (sulfide) groups is 1. The van der Waals surface area contributed by atoms with E-state index >= 15 is 0 Å². The van der Waals surface area contributed by atoms with Crippen LogP contribution in [0, 0.1) is 5.92 Å². The Bertz CT molecular complexity index is 156. The Kier molecular flexibility index (Phi) is 4.94. The highest BCUT2D eigenvalue weighted by molar-refractivity contribution is 8.13. The quantitative estimate of drug-likeness (QED) is 0.476. The largest absolute Gasteiger partial charge is 0.468 e. The predicted molar refractivity (Wildman–Crippen MR) is 44.3 cm³/mol. The normalized spacial score (nSPS) is 12.3. The van der Waals surface area contributed by atoms with Crippen molar-refractivity contribution in [2.45, 2.75) is 13.8 Å². The lowest BCUT2D eigenvalue weighted by atomic mass is 10.2. The van der Waals surface area contributed by atoms with E-state index in [4.69, 9.17) is 0 Å². The van der Waals surface area contributed by atoms with Crippen molar-refractivity contribution in [2.75, 3.05) is 12.9 Å². The first-order valence-electron chi connectivity index (χ1n) is 3.38. The van der Waals surface area contributed by atoms with E-state index in [1.54, 1.807) is 6.92 Å². The summed E-state index contributed by atoms with van der Waals surface area (Å²) < 4.78 is 4.41. The molecule has 0 radical (unpaired) electrons. The summed E-state index contributed by atoms with van der Waals surface area (Å²) in [7, 11) is 1.28. The summed E-state index contributed by atoms with van der Waals surface area (Å²) in [6.07, 6.45) is 0. The van der Waals surface area contributed by atoms with E-state index in [1.165, 1.54) is 7.11 Å². The summed E-state index contributed by atoms with van der Waals surface area (Å²) in [5.74, 6) is -0.402. The van der Waals surface area contributed by atoms with Gasteiger partial charge in [-0.1, -0.05) is 18.7 Å². The van der Waals surface area contributed by atoms with Crippen molar-refractivity contribution < 1.29 is 14.3 Å². The van der Waals surface area contributed by atoms with E-state index in [2.05, 4.69) is 4.74 Å². The van der Waals surface area contributed by atoms with Crippen molar-refractivity contribution in [3.8, 4) is 0 Å². The first-order valence-corrected chi connectivity index (χ1v) is 4.36. The van der Waals surface area contributed by atoms with Crippen LogP contribution in [0.4, 0.5) is 0 Å². The third kappa shape index (κ3) is 3.41. The van der Waals surface area contributed by atoms with Crippen molar-refractivity contribution in [3.05, 3.63) is 0 Å². The van der Waals surface area contributed by atoms with E-state index in [1.807, 2.05) is 6.92 Å². The number of hydrogen-bond acceptors (Lipinski definition) is 4. The maximum Gasteiger partial charge on any atom is 0.316 e. The molecule has 0 aromatic carbocycles. The minimum Gasteiger partial charge on any atom is -0.468 e. The number of carbonyl (C=O) groups excluding carboxylic acids is 2. The number of ether oxygens (including phenoxy) is 1. The fraction of sp³-hybridized carbons (Fsp3) is 0.714. The third-order valence-electron chi connectivity index (χ3n) is 1.19. The Balaban J connectivity index is 3.91. The van der Waals surface area contributed by atoms with Crippen LogP contribution in [0.1, 0.15) is 13.8 Å². The predicted octanol–water partition coefficient (Wildman–Crippen LogP) is 1.08. The summed E-state index contributed by atoms with van der Waals surface area (Å²) in [5, 5.41) is -0.126. The highest BCUT2D eigenvalue weighted by Crippen LogP contribution is 2.11. The molecule has 0 aromatic heterocycles. The van der Waals surface area contributed by atoms with Crippen LogP contribution < -0.4 is 0 Å². The monoisotopic (exact) mass is 176 g/mol. The molecule has 64 valence electrons. The second-order valence-corrected chi connectivity index (χ2v) is 3.27. The minimum absolute atomic E-state index is 0.126. The van der Waals surface area contributed by atoms with Gasteiger partial charge in [-0.2, -0.15) is 0 Å². The SMILES string of the molecule is CCSC(=O)C(C)C(=O)OC. The van der Waals surface area contributed by atoms with Gasteiger partial charge >= 0.3 is 5.97 Å². The molecule has 0 rings (SSSR count). The Morgan fingerprint density at radius 1 is 1.55 bits per heavy atom. The van der Waals surface area contributed by atoms with Gasteiger partial charge in [-0.3, -0.25) is 9.59 Å². The topological polar surface area (TPSA) is 43.4 Å². The lowest BCUT2D eigenvalue weighted by molar-refractivity contribution is -0.146. The van der Waals surface area contributed by atoms with Crippen molar-refractivity contribution in [1.29, 1.82) is 0 Å². The van der Waals surface area contributed by atoms with Gasteiger partial charge < -0.3 is 4.74 Å². The number of hydrogen-bond donors (Lipinski definition) is 0. The van der Waals surface area contributed by atoms with Gasteiger partial charge in [0.05, 0.1) is 7.11 Å². The molecule has 0 heterocycles. The molecule has 1 unspecified atom stereocenters. The lowest BCUT2D eigenvalue weighted by Gasteiger charge is -2.05. The number of esters is 1. The number of carbonyl (C=O) groups is 2. The van der Waals surface area contributed by atoms with Crippen molar-refractivity contribution in [3.63, 3.8) is 0 Å². The zero-order chi connectivity index (χ0) is 8.85. The molecule has 4 heteroatoms. The third-order valence-corrected chi connectivity index (χ3v) is 2.12. The standard InChI is InChI=1S/C7H12O3S/c1-4-11-7(9)5(2)6(8)10-3/h5H,4H2,1-3H3. The average Bonchev–Trinajstić information content (AvgIpc) is 2.02. The van der Waals surface area contributed by atoms with Crippen LogP contribution in [0.3, 0.4) is 0 Å². The molecule has 0 saturated carbocycles. The molecule has 0 amide bonds. The van der Waals surface area contributed by atoms with E-state index in [0.717, 1.165) is 11.8 Å². The molecule has 0 spiro atoms. The molecule has 0 aliphatic carbocycles. The van der Waals surface area contributed by atoms with Gasteiger partial charge in [-0.15, -0.1) is 0 Å². The fourth-order valence-corrected chi connectivity index (χ4v) is 1.17. The van der Waals surface area contributed by atoms with Gasteiger partial charge in [0, 0.05) is 0 Å². The molecule has 0 aliphatic rings. The molecular formula is C7H12O3S. The van der Waals surface area contributed by atoms with Crippen LogP contribution >= 0.6 is 11.8 Å². The summed E-state index contributed by atoms with van der Waals surface area (Å²) in [6, 6.07) is 0. The minimum atomic E-state index is -0.634. The molecule has 0 aliphatic heterocycles. The van der Waals surface area contributed by atoms with Crippen molar-refractivity contribution in [1.82, 2.24) is 0 Å². The van der Waals surface area contributed by atoms with Gasteiger partial charge in [0.15, 0.2) is 0 Å². The summed E-state index contributed by atoms with van der Waals surface area (Å²) in [4.78, 5) is 21.8. The van der Waals surface area contributed by atoms with Gasteiger partial charge in [0.1, 0.15) is 5.92 Å². The van der Waals surface area contributed by atoms with Crippen LogP contribution in [-0.2, 0) is 14.3 Å². The molecule has 1 atom stereocenters. The van der Waals surface area contributed by atoms with Gasteiger partial charge in [0.25, 0.3) is 0 Å². The lowest BCUT2D eigenvalue weighted by Crippen LogP contribution is -2.19. The number of methoxy groups -OCH3 is 1. The van der Waals surface area contributed by atoms with Crippen LogP contribution in [0.2, 0.25) is 0 Å². The second kappa shape index (κ2) is 5.18. The highest BCUT2D eigenvalue weighted by atomic mass is 32.2. The molecular weight excluding hydrogens is 164 g/mol. The Labute approximate surface area is 70.5 Å². The van der Waals surface area contributed by atoms with Crippen LogP contribution in [-0.4, -0.2) is 23.9 Å². The Morgan fingerprint density at radius 3 is 2.45 bits per heavy atom. The summed E-state index contributed by atoms with van der Waals surface area (Å²) >= 11 is 1.14. The molecule has 0 fully saturated rings. The number of rotatable bonds is 3. The maximum absolute atomic E-state index is 11.0. The van der Waals surface area contributed by atoms with E-state index in [9.17, 15) is 9.59 Å². The van der Waals surface area contributed by atoms with Crippen LogP contribution in [0.15, 0.2) is 0 Å². The van der Waals surface area contributed by atoms with Gasteiger partial charge in [-0.25, -0.2) is 0 Å².